The highest BCUT2D eigenvalue weighted by Crippen LogP contribution is 2.48. The summed E-state index contributed by atoms with van der Waals surface area (Å²) in [5, 5.41) is 1.75. The summed E-state index contributed by atoms with van der Waals surface area (Å²) in [6, 6.07) is 13.3. The molecule has 3 atom stereocenters. The van der Waals surface area contributed by atoms with Crippen LogP contribution in [0.25, 0.3) is 0 Å². The summed E-state index contributed by atoms with van der Waals surface area (Å²) in [7, 11) is 0. The minimum absolute atomic E-state index is 0.0594. The van der Waals surface area contributed by atoms with Gasteiger partial charge < -0.3 is 14.5 Å². The van der Waals surface area contributed by atoms with Crippen molar-refractivity contribution in [3.63, 3.8) is 0 Å². The summed E-state index contributed by atoms with van der Waals surface area (Å²) >= 11 is 1.89. The van der Waals surface area contributed by atoms with Crippen molar-refractivity contribution < 1.29 is 4.74 Å². The number of benzene rings is 1. The van der Waals surface area contributed by atoms with Gasteiger partial charge in [0.15, 0.2) is 5.17 Å². The van der Waals surface area contributed by atoms with Crippen LogP contribution in [0.2, 0.25) is 0 Å². The smallest absolute Gasteiger partial charge is 0.160 e. The number of fused-ring (bicyclic) bond motifs is 1. The van der Waals surface area contributed by atoms with Crippen LogP contribution >= 0.6 is 11.8 Å². The van der Waals surface area contributed by atoms with E-state index in [9.17, 15) is 0 Å². The number of ether oxygens (including phenoxy) is 1. The standard InChI is InChI=1S/C22H26N4OS/c1-15-13-17(25-9-11-27-12-10-25)6-7-18(15)21-20(19-5-3-4-8-23-19)24-22-26(21)14-16(2)28-22/h3-8,13,16,20-21H,9-12,14H2,1-2H3/t16-,20+,21-/m1/s1. The lowest BCUT2D eigenvalue weighted by molar-refractivity contribution is 0.122. The van der Waals surface area contributed by atoms with E-state index in [0.717, 1.165) is 38.5 Å². The van der Waals surface area contributed by atoms with E-state index in [2.05, 4.69) is 59.0 Å². The lowest BCUT2D eigenvalue weighted by Gasteiger charge is -2.31. The van der Waals surface area contributed by atoms with Crippen molar-refractivity contribution in [2.75, 3.05) is 37.7 Å². The van der Waals surface area contributed by atoms with Crippen LogP contribution in [0.3, 0.4) is 0 Å². The number of hydrogen-bond donors (Lipinski definition) is 0. The number of hydrogen-bond acceptors (Lipinski definition) is 6. The zero-order valence-electron chi connectivity index (χ0n) is 16.4. The molecule has 146 valence electrons. The average molecular weight is 395 g/mol. The number of aliphatic imine (C=N–C) groups is 1. The van der Waals surface area contributed by atoms with Crippen molar-refractivity contribution in [2.24, 2.45) is 4.99 Å². The highest BCUT2D eigenvalue weighted by molar-refractivity contribution is 8.14. The van der Waals surface area contributed by atoms with E-state index in [1.54, 1.807) is 0 Å². The van der Waals surface area contributed by atoms with Crippen molar-refractivity contribution in [1.82, 2.24) is 9.88 Å². The molecular formula is C22H26N4OS. The fraction of sp³-hybridized carbons (Fsp3) is 0.455. The maximum absolute atomic E-state index is 5.50. The zero-order chi connectivity index (χ0) is 19.1. The summed E-state index contributed by atoms with van der Waals surface area (Å²) in [5.41, 5.74) is 5.04. The number of amidine groups is 1. The molecule has 0 saturated carbocycles. The van der Waals surface area contributed by atoms with Gasteiger partial charge in [0, 0.05) is 36.8 Å². The predicted octanol–water partition coefficient (Wildman–Crippen LogP) is 3.82. The fourth-order valence-corrected chi connectivity index (χ4v) is 5.56. The van der Waals surface area contributed by atoms with Crippen molar-refractivity contribution in [3.05, 3.63) is 59.4 Å². The molecule has 5 nitrogen and oxygen atoms in total. The second kappa shape index (κ2) is 7.41. The molecule has 0 spiro atoms. The normalized spacial score (nSPS) is 27.1. The van der Waals surface area contributed by atoms with Crippen molar-refractivity contribution in [3.8, 4) is 0 Å². The first-order valence-corrected chi connectivity index (χ1v) is 10.9. The van der Waals surface area contributed by atoms with E-state index in [1.807, 2.05) is 24.0 Å². The Morgan fingerprint density at radius 3 is 2.75 bits per heavy atom. The first-order valence-electron chi connectivity index (χ1n) is 10.1. The molecule has 2 aromatic rings. The number of anilines is 1. The van der Waals surface area contributed by atoms with Crippen LogP contribution in [0.5, 0.6) is 0 Å². The van der Waals surface area contributed by atoms with Gasteiger partial charge in [-0.2, -0.15) is 0 Å². The molecule has 0 radical (unpaired) electrons. The van der Waals surface area contributed by atoms with Gasteiger partial charge in [0.1, 0.15) is 6.04 Å². The summed E-state index contributed by atoms with van der Waals surface area (Å²) < 4.78 is 5.50. The van der Waals surface area contributed by atoms with Crippen molar-refractivity contribution in [2.45, 2.75) is 31.2 Å². The number of rotatable bonds is 3. The predicted molar refractivity (Wildman–Crippen MR) is 115 cm³/mol. The molecule has 3 aliphatic heterocycles. The number of aryl methyl sites for hydroxylation is 1. The Hall–Kier alpha value is -2.05. The number of thioether (sulfide) groups is 1. The molecule has 0 N–H and O–H groups in total. The quantitative estimate of drug-likeness (QED) is 0.792. The summed E-state index contributed by atoms with van der Waals surface area (Å²) in [6.45, 7) is 9.11. The minimum atomic E-state index is 0.0594. The second-order valence-corrected chi connectivity index (χ2v) is 9.18. The van der Waals surface area contributed by atoms with Gasteiger partial charge >= 0.3 is 0 Å². The first kappa shape index (κ1) is 18.0. The van der Waals surface area contributed by atoms with Gasteiger partial charge in [-0.15, -0.1) is 0 Å². The van der Waals surface area contributed by atoms with Crippen molar-refractivity contribution in [1.29, 1.82) is 0 Å². The largest absolute Gasteiger partial charge is 0.378 e. The Balaban J connectivity index is 1.50. The van der Waals surface area contributed by atoms with Crippen LogP contribution < -0.4 is 4.90 Å². The lowest BCUT2D eigenvalue weighted by atomic mass is 9.92. The van der Waals surface area contributed by atoms with E-state index in [0.29, 0.717) is 5.25 Å². The molecule has 6 heteroatoms. The molecule has 0 amide bonds. The minimum Gasteiger partial charge on any atom is -0.378 e. The van der Waals surface area contributed by atoms with Gasteiger partial charge in [0.2, 0.25) is 0 Å². The molecule has 1 aromatic heterocycles. The molecule has 28 heavy (non-hydrogen) atoms. The Kier molecular flexibility index (Phi) is 4.77. The number of morpholine rings is 1. The lowest BCUT2D eigenvalue weighted by Crippen LogP contribution is -2.36. The van der Waals surface area contributed by atoms with Crippen LogP contribution in [0.4, 0.5) is 5.69 Å². The molecule has 2 saturated heterocycles. The van der Waals surface area contributed by atoms with Crippen LogP contribution in [0.1, 0.15) is 35.8 Å². The van der Waals surface area contributed by atoms with Crippen LogP contribution in [0, 0.1) is 6.92 Å². The van der Waals surface area contributed by atoms with Gasteiger partial charge in [0.25, 0.3) is 0 Å². The monoisotopic (exact) mass is 394 g/mol. The van der Waals surface area contributed by atoms with E-state index in [1.165, 1.54) is 22.0 Å². The first-order chi connectivity index (χ1) is 13.7. The van der Waals surface area contributed by atoms with Crippen molar-refractivity contribution >= 4 is 22.6 Å². The molecular weight excluding hydrogens is 368 g/mol. The zero-order valence-corrected chi connectivity index (χ0v) is 17.2. The molecule has 4 heterocycles. The number of aromatic nitrogens is 1. The van der Waals surface area contributed by atoms with Crippen LogP contribution in [-0.4, -0.2) is 53.1 Å². The molecule has 1 aromatic carbocycles. The third-order valence-electron chi connectivity index (χ3n) is 5.83. The molecule has 0 aliphatic carbocycles. The SMILES string of the molecule is Cc1cc(N2CCOCC2)ccc1[C@@H]1[C@H](c2ccccn2)N=C2S[C@H](C)CN21. The molecule has 0 bridgehead atoms. The van der Waals surface area contributed by atoms with Gasteiger partial charge in [-0.25, -0.2) is 0 Å². The highest BCUT2D eigenvalue weighted by Gasteiger charge is 2.44. The van der Waals surface area contributed by atoms with Crippen LogP contribution in [0.15, 0.2) is 47.6 Å². The fourth-order valence-electron chi connectivity index (χ4n) is 4.46. The van der Waals surface area contributed by atoms with E-state index >= 15 is 0 Å². The maximum atomic E-state index is 5.50. The van der Waals surface area contributed by atoms with Gasteiger partial charge in [0.05, 0.1) is 24.9 Å². The third-order valence-corrected chi connectivity index (χ3v) is 6.93. The van der Waals surface area contributed by atoms with Crippen LogP contribution in [-0.2, 0) is 4.74 Å². The second-order valence-electron chi connectivity index (χ2n) is 7.78. The Morgan fingerprint density at radius 1 is 1.14 bits per heavy atom. The van der Waals surface area contributed by atoms with E-state index in [-0.39, 0.29) is 12.1 Å². The average Bonchev–Trinajstić information content (AvgIpc) is 3.25. The van der Waals surface area contributed by atoms with E-state index in [4.69, 9.17) is 9.73 Å². The Bertz CT molecular complexity index is 881. The summed E-state index contributed by atoms with van der Waals surface area (Å²) in [6.07, 6.45) is 1.88. The summed E-state index contributed by atoms with van der Waals surface area (Å²) in [5.74, 6) is 0. The topological polar surface area (TPSA) is 41.0 Å². The molecule has 0 unspecified atom stereocenters. The maximum Gasteiger partial charge on any atom is 0.160 e. The molecule has 3 aliphatic rings. The van der Waals surface area contributed by atoms with Gasteiger partial charge in [-0.1, -0.05) is 30.8 Å². The highest BCUT2D eigenvalue weighted by atomic mass is 32.2. The Morgan fingerprint density at radius 2 is 2.00 bits per heavy atom. The third kappa shape index (κ3) is 3.18. The number of pyridine rings is 1. The van der Waals surface area contributed by atoms with E-state index < -0.39 is 0 Å². The number of nitrogens with zero attached hydrogens (tertiary/aromatic N) is 4. The molecule has 2 fully saturated rings. The Labute approximate surface area is 170 Å². The summed E-state index contributed by atoms with van der Waals surface area (Å²) in [4.78, 5) is 14.6. The molecule has 5 rings (SSSR count). The van der Waals surface area contributed by atoms with Gasteiger partial charge in [-0.3, -0.25) is 9.98 Å². The van der Waals surface area contributed by atoms with Gasteiger partial charge in [-0.05, 0) is 42.3 Å².